The van der Waals surface area contributed by atoms with Gasteiger partial charge in [0.1, 0.15) is 11.6 Å². The van der Waals surface area contributed by atoms with E-state index in [1.807, 2.05) is 24.3 Å². The molecule has 3 nitrogen and oxygen atoms in total. The van der Waals surface area contributed by atoms with Gasteiger partial charge in [-0.2, -0.15) is 0 Å². The lowest BCUT2D eigenvalue weighted by Gasteiger charge is -2.04. The summed E-state index contributed by atoms with van der Waals surface area (Å²) in [5.41, 5.74) is 2.31. The first-order chi connectivity index (χ1) is 9.72. The van der Waals surface area contributed by atoms with Crippen LogP contribution in [0, 0.1) is 11.6 Å². The fraction of sp³-hybridized carbons (Fsp3) is 0.133. The maximum absolute atomic E-state index is 13.5. The Morgan fingerprint density at radius 2 is 1.95 bits per heavy atom. The van der Waals surface area contributed by atoms with Gasteiger partial charge in [0.25, 0.3) is 0 Å². The van der Waals surface area contributed by atoms with Crippen molar-refractivity contribution in [1.29, 1.82) is 0 Å². The van der Waals surface area contributed by atoms with E-state index in [0.29, 0.717) is 24.5 Å². The Morgan fingerprint density at radius 1 is 1.10 bits per heavy atom. The second-order valence-electron chi connectivity index (χ2n) is 4.52. The minimum atomic E-state index is -0.559. The molecule has 1 heterocycles. The number of nitrogens with zero attached hydrogens (tertiary/aromatic N) is 1. The summed E-state index contributed by atoms with van der Waals surface area (Å²) in [6, 6.07) is 11.3. The number of hydrogen-bond acceptors (Lipinski definition) is 2. The van der Waals surface area contributed by atoms with Gasteiger partial charge in [-0.15, -0.1) is 0 Å². The molecule has 0 aliphatic carbocycles. The monoisotopic (exact) mass is 273 g/mol. The zero-order valence-corrected chi connectivity index (χ0v) is 10.7. The molecule has 3 rings (SSSR count). The normalized spacial score (nSPS) is 10.9. The summed E-state index contributed by atoms with van der Waals surface area (Å²) in [5.74, 6) is -0.429. The molecule has 3 aromatic rings. The molecular weight excluding hydrogens is 260 g/mol. The quantitative estimate of drug-likeness (QED) is 0.764. The first kappa shape index (κ1) is 12.6. The maximum atomic E-state index is 13.5. The van der Waals surface area contributed by atoms with Gasteiger partial charge in [0.05, 0.1) is 11.0 Å². The summed E-state index contributed by atoms with van der Waals surface area (Å²) in [4.78, 5) is 7.49. The van der Waals surface area contributed by atoms with Crippen LogP contribution in [0.2, 0.25) is 0 Å². The van der Waals surface area contributed by atoms with Gasteiger partial charge < -0.3 is 10.3 Å². The predicted octanol–water partition coefficient (Wildman–Crippen LogP) is 3.50. The number of fused-ring (bicyclic) bond motifs is 1. The molecule has 1 aromatic heterocycles. The third-order valence-electron chi connectivity index (χ3n) is 3.09. The molecule has 20 heavy (non-hydrogen) atoms. The van der Waals surface area contributed by atoms with Gasteiger partial charge in [-0.05, 0) is 30.2 Å². The highest BCUT2D eigenvalue weighted by molar-refractivity contribution is 5.77. The van der Waals surface area contributed by atoms with Gasteiger partial charge in [0, 0.05) is 12.6 Å². The number of aromatic nitrogens is 2. The Hall–Kier alpha value is -2.43. The minimum absolute atomic E-state index is 0.461. The van der Waals surface area contributed by atoms with Crippen molar-refractivity contribution in [3.8, 4) is 0 Å². The lowest BCUT2D eigenvalue weighted by molar-refractivity contribution is 0.572. The van der Waals surface area contributed by atoms with Crippen molar-refractivity contribution < 1.29 is 8.78 Å². The van der Waals surface area contributed by atoms with Crippen LogP contribution in [0.3, 0.4) is 0 Å². The van der Waals surface area contributed by atoms with E-state index >= 15 is 0 Å². The highest BCUT2D eigenvalue weighted by Crippen LogP contribution is 2.14. The Morgan fingerprint density at radius 3 is 2.75 bits per heavy atom. The van der Waals surface area contributed by atoms with Crippen LogP contribution < -0.4 is 5.32 Å². The first-order valence-electron chi connectivity index (χ1n) is 6.35. The van der Waals surface area contributed by atoms with Crippen molar-refractivity contribution in [3.05, 3.63) is 59.7 Å². The Labute approximate surface area is 114 Å². The maximum Gasteiger partial charge on any atom is 0.201 e. The largest absolute Gasteiger partial charge is 0.355 e. The van der Waals surface area contributed by atoms with Crippen LogP contribution in [-0.2, 0) is 6.42 Å². The van der Waals surface area contributed by atoms with Crippen LogP contribution >= 0.6 is 0 Å². The number of imidazole rings is 1. The Bertz CT molecular complexity index is 704. The Kier molecular flexibility index (Phi) is 3.33. The first-order valence-corrected chi connectivity index (χ1v) is 6.35. The molecule has 0 unspecified atom stereocenters. The summed E-state index contributed by atoms with van der Waals surface area (Å²) in [5, 5.41) is 3.10. The van der Waals surface area contributed by atoms with Gasteiger partial charge in [-0.25, -0.2) is 13.8 Å². The van der Waals surface area contributed by atoms with E-state index in [1.165, 1.54) is 12.1 Å². The number of hydrogen-bond donors (Lipinski definition) is 2. The Balaban J connectivity index is 1.64. The van der Waals surface area contributed by atoms with Crippen LogP contribution in [0.1, 0.15) is 5.56 Å². The molecule has 0 fully saturated rings. The third kappa shape index (κ3) is 2.61. The van der Waals surface area contributed by atoms with Gasteiger partial charge in [-0.3, -0.25) is 0 Å². The SMILES string of the molecule is Fc1ccc(CCNc2nc3ccccc3[nH]2)c(F)c1. The molecule has 0 aliphatic rings. The molecule has 0 aliphatic heterocycles. The molecule has 2 N–H and O–H groups in total. The molecular formula is C15H13F2N3. The van der Waals surface area contributed by atoms with E-state index in [4.69, 9.17) is 0 Å². The van der Waals surface area contributed by atoms with Crippen molar-refractivity contribution in [3.63, 3.8) is 0 Å². The number of aromatic amines is 1. The van der Waals surface area contributed by atoms with Crippen LogP contribution in [0.25, 0.3) is 11.0 Å². The van der Waals surface area contributed by atoms with E-state index in [2.05, 4.69) is 15.3 Å². The molecule has 2 aromatic carbocycles. The average Bonchev–Trinajstić information content (AvgIpc) is 2.84. The summed E-state index contributed by atoms with van der Waals surface area (Å²) in [6.07, 6.45) is 0.461. The van der Waals surface area contributed by atoms with Gasteiger partial charge in [0.2, 0.25) is 5.95 Å². The number of halogens is 2. The summed E-state index contributed by atoms with van der Waals surface area (Å²) in [6.45, 7) is 0.516. The van der Waals surface area contributed by atoms with E-state index < -0.39 is 11.6 Å². The molecule has 5 heteroatoms. The number of H-pyrrole nitrogens is 1. The average molecular weight is 273 g/mol. The van der Waals surface area contributed by atoms with Crippen molar-refractivity contribution >= 4 is 17.0 Å². The number of anilines is 1. The van der Waals surface area contributed by atoms with Crippen LogP contribution in [0.15, 0.2) is 42.5 Å². The number of benzene rings is 2. The zero-order valence-electron chi connectivity index (χ0n) is 10.7. The van der Waals surface area contributed by atoms with Crippen molar-refractivity contribution in [2.24, 2.45) is 0 Å². The fourth-order valence-corrected chi connectivity index (χ4v) is 2.08. The van der Waals surface area contributed by atoms with Gasteiger partial charge >= 0.3 is 0 Å². The van der Waals surface area contributed by atoms with Crippen molar-refractivity contribution in [2.75, 3.05) is 11.9 Å². The lowest BCUT2D eigenvalue weighted by atomic mass is 10.1. The smallest absolute Gasteiger partial charge is 0.201 e. The highest BCUT2D eigenvalue weighted by atomic mass is 19.1. The number of rotatable bonds is 4. The van der Waals surface area contributed by atoms with Gasteiger partial charge in [-0.1, -0.05) is 18.2 Å². The fourth-order valence-electron chi connectivity index (χ4n) is 2.08. The molecule has 0 radical (unpaired) electrons. The van der Waals surface area contributed by atoms with Crippen LogP contribution in [0.4, 0.5) is 14.7 Å². The zero-order chi connectivity index (χ0) is 13.9. The minimum Gasteiger partial charge on any atom is -0.355 e. The molecule has 0 amide bonds. The topological polar surface area (TPSA) is 40.7 Å². The summed E-state index contributed by atoms with van der Waals surface area (Å²) in [7, 11) is 0. The second-order valence-corrected chi connectivity index (χ2v) is 4.52. The van der Waals surface area contributed by atoms with Gasteiger partial charge in [0.15, 0.2) is 0 Å². The number of nitrogens with one attached hydrogen (secondary N) is 2. The van der Waals surface area contributed by atoms with E-state index in [-0.39, 0.29) is 0 Å². The molecule has 0 saturated heterocycles. The van der Waals surface area contributed by atoms with Crippen molar-refractivity contribution in [2.45, 2.75) is 6.42 Å². The van der Waals surface area contributed by atoms with Crippen LogP contribution in [0.5, 0.6) is 0 Å². The number of para-hydroxylation sites is 2. The van der Waals surface area contributed by atoms with E-state index in [0.717, 1.165) is 17.1 Å². The van der Waals surface area contributed by atoms with E-state index in [1.54, 1.807) is 0 Å². The molecule has 0 atom stereocenters. The molecule has 0 spiro atoms. The summed E-state index contributed by atoms with van der Waals surface area (Å²) < 4.78 is 26.2. The predicted molar refractivity (Wildman–Crippen MR) is 74.6 cm³/mol. The second kappa shape index (κ2) is 5.28. The van der Waals surface area contributed by atoms with Crippen molar-refractivity contribution in [1.82, 2.24) is 9.97 Å². The highest BCUT2D eigenvalue weighted by Gasteiger charge is 2.05. The van der Waals surface area contributed by atoms with E-state index in [9.17, 15) is 8.78 Å². The molecule has 102 valence electrons. The standard InChI is InChI=1S/C15H13F2N3/c16-11-6-5-10(12(17)9-11)7-8-18-15-19-13-3-1-2-4-14(13)20-15/h1-6,9H,7-8H2,(H2,18,19,20). The lowest BCUT2D eigenvalue weighted by Crippen LogP contribution is -2.07. The van der Waals surface area contributed by atoms with Crippen LogP contribution in [-0.4, -0.2) is 16.5 Å². The summed E-state index contributed by atoms with van der Waals surface area (Å²) >= 11 is 0. The molecule has 0 saturated carbocycles. The molecule has 0 bridgehead atoms. The third-order valence-corrected chi connectivity index (χ3v) is 3.09.